The molecule has 33 heavy (non-hydrogen) atoms. The molecule has 0 aliphatic carbocycles. The Kier molecular flexibility index (Phi) is 5.97. The Hall–Kier alpha value is -3.25. The smallest absolute Gasteiger partial charge is 0.269 e. The van der Waals surface area contributed by atoms with Gasteiger partial charge in [-0.1, -0.05) is 66.2 Å². The van der Waals surface area contributed by atoms with Gasteiger partial charge >= 0.3 is 0 Å². The van der Waals surface area contributed by atoms with Gasteiger partial charge in [0.05, 0.1) is 16.1 Å². The van der Waals surface area contributed by atoms with Gasteiger partial charge in [-0.2, -0.15) is 0 Å². The fraction of sp³-hybridized carbons (Fsp3) is 0.259. The first-order chi connectivity index (χ1) is 15.6. The normalized spacial score (nSPS) is 12.2. The molecule has 0 spiro atoms. The second-order valence-corrected chi connectivity index (χ2v) is 11.3. The molecule has 1 N–H and O–H groups in total. The molecule has 1 heterocycles. The molecule has 6 heteroatoms. The molecule has 0 atom stereocenters. The predicted octanol–water partition coefficient (Wildman–Crippen LogP) is 6.03. The third kappa shape index (κ3) is 4.62. The molecule has 3 aromatic carbocycles. The summed E-state index contributed by atoms with van der Waals surface area (Å²) in [6.45, 7) is 8.71. The standard InChI is InChI=1S/C27H31N3O2S/c1-20-15-17-22(18-16-20)33(31,32)30-24-14-10-9-13-23(24)25(26(30)28-27(2,3)4)29(5)19-21-11-7-6-8-12-21/h6-18,28H,19H2,1-5H3. The van der Waals surface area contributed by atoms with E-state index in [1.807, 2.05) is 89.3 Å². The first kappa shape index (κ1) is 22.9. The van der Waals surface area contributed by atoms with Gasteiger partial charge < -0.3 is 10.2 Å². The van der Waals surface area contributed by atoms with Gasteiger partial charge in [0.1, 0.15) is 5.82 Å². The quantitative estimate of drug-likeness (QED) is 0.381. The molecule has 0 aliphatic heterocycles. The fourth-order valence-electron chi connectivity index (χ4n) is 4.05. The number of aromatic nitrogens is 1. The Bertz CT molecular complexity index is 1370. The molecular weight excluding hydrogens is 430 g/mol. The molecule has 172 valence electrons. The number of anilines is 2. The zero-order valence-corrected chi connectivity index (χ0v) is 20.6. The molecule has 0 bridgehead atoms. The maximum Gasteiger partial charge on any atom is 0.269 e. The molecule has 0 saturated carbocycles. The predicted molar refractivity (Wildman–Crippen MR) is 138 cm³/mol. The first-order valence-electron chi connectivity index (χ1n) is 11.1. The van der Waals surface area contributed by atoms with E-state index in [1.165, 1.54) is 3.97 Å². The Morgan fingerprint density at radius 2 is 1.48 bits per heavy atom. The number of nitrogens with one attached hydrogen (secondary N) is 1. The summed E-state index contributed by atoms with van der Waals surface area (Å²) < 4.78 is 29.4. The van der Waals surface area contributed by atoms with E-state index in [1.54, 1.807) is 12.1 Å². The van der Waals surface area contributed by atoms with Crippen molar-refractivity contribution in [3.8, 4) is 0 Å². The maximum atomic E-state index is 14.0. The SMILES string of the molecule is Cc1ccc(S(=O)(=O)n2c(NC(C)(C)C)c(N(C)Cc3ccccc3)c3ccccc32)cc1. The Morgan fingerprint density at radius 1 is 0.879 bits per heavy atom. The van der Waals surface area contributed by atoms with E-state index in [0.29, 0.717) is 17.9 Å². The maximum absolute atomic E-state index is 14.0. The molecule has 4 rings (SSSR count). The lowest BCUT2D eigenvalue weighted by Crippen LogP contribution is -2.30. The van der Waals surface area contributed by atoms with Crippen LogP contribution in [0.3, 0.4) is 0 Å². The van der Waals surface area contributed by atoms with E-state index in [4.69, 9.17) is 0 Å². The second kappa shape index (κ2) is 8.60. The van der Waals surface area contributed by atoms with Crippen LogP contribution in [0.2, 0.25) is 0 Å². The van der Waals surface area contributed by atoms with Gasteiger partial charge in [0, 0.05) is 24.5 Å². The summed E-state index contributed by atoms with van der Waals surface area (Å²) in [4.78, 5) is 2.38. The van der Waals surface area contributed by atoms with E-state index < -0.39 is 10.0 Å². The van der Waals surface area contributed by atoms with Crippen LogP contribution in [0, 0.1) is 6.92 Å². The first-order valence-corrected chi connectivity index (χ1v) is 12.5. The highest BCUT2D eigenvalue weighted by atomic mass is 32.2. The number of rotatable bonds is 6. The molecule has 5 nitrogen and oxygen atoms in total. The van der Waals surface area contributed by atoms with E-state index in [-0.39, 0.29) is 10.4 Å². The molecule has 1 aromatic heterocycles. The number of aryl methyl sites for hydroxylation is 1. The number of hydrogen-bond acceptors (Lipinski definition) is 4. The molecular formula is C27H31N3O2S. The fourth-order valence-corrected chi connectivity index (χ4v) is 5.53. The summed E-state index contributed by atoms with van der Waals surface area (Å²) in [6, 6.07) is 24.9. The highest BCUT2D eigenvalue weighted by Crippen LogP contribution is 2.41. The Morgan fingerprint density at radius 3 is 2.12 bits per heavy atom. The van der Waals surface area contributed by atoms with Crippen LogP contribution in [0.15, 0.2) is 83.8 Å². The number of fused-ring (bicyclic) bond motifs is 1. The zero-order valence-electron chi connectivity index (χ0n) is 19.8. The third-order valence-electron chi connectivity index (χ3n) is 5.50. The molecule has 4 aromatic rings. The summed E-state index contributed by atoms with van der Waals surface area (Å²) >= 11 is 0. The van der Waals surface area contributed by atoms with Crippen molar-refractivity contribution < 1.29 is 8.42 Å². The number of para-hydroxylation sites is 1. The Labute approximate surface area is 196 Å². The summed E-state index contributed by atoms with van der Waals surface area (Å²) in [7, 11) is -1.84. The van der Waals surface area contributed by atoms with Crippen LogP contribution in [0.1, 0.15) is 31.9 Å². The van der Waals surface area contributed by atoms with Gasteiger partial charge in [-0.25, -0.2) is 12.4 Å². The van der Waals surface area contributed by atoms with Crippen LogP contribution in [0.4, 0.5) is 11.5 Å². The van der Waals surface area contributed by atoms with Crippen LogP contribution in [-0.4, -0.2) is 25.0 Å². The summed E-state index contributed by atoms with van der Waals surface area (Å²) in [5, 5.41) is 4.39. The van der Waals surface area contributed by atoms with Crippen LogP contribution in [-0.2, 0) is 16.6 Å². The number of benzene rings is 3. The van der Waals surface area contributed by atoms with Crippen LogP contribution >= 0.6 is 0 Å². The lowest BCUT2D eigenvalue weighted by molar-refractivity contribution is 0.586. The minimum Gasteiger partial charge on any atom is -0.367 e. The largest absolute Gasteiger partial charge is 0.367 e. The van der Waals surface area contributed by atoms with Crippen molar-refractivity contribution >= 4 is 32.4 Å². The van der Waals surface area contributed by atoms with Crippen LogP contribution in [0.5, 0.6) is 0 Å². The molecule has 0 amide bonds. The monoisotopic (exact) mass is 461 g/mol. The van der Waals surface area contributed by atoms with Crippen molar-refractivity contribution in [1.82, 2.24) is 3.97 Å². The van der Waals surface area contributed by atoms with Crippen molar-refractivity contribution in [1.29, 1.82) is 0 Å². The summed E-state index contributed by atoms with van der Waals surface area (Å²) in [5.41, 5.74) is 3.33. The van der Waals surface area contributed by atoms with Gasteiger partial charge in [-0.3, -0.25) is 0 Å². The van der Waals surface area contributed by atoms with E-state index >= 15 is 0 Å². The van der Waals surface area contributed by atoms with Gasteiger partial charge in [-0.15, -0.1) is 0 Å². The topological polar surface area (TPSA) is 54.3 Å². The summed E-state index contributed by atoms with van der Waals surface area (Å²) in [6.07, 6.45) is 0. The van der Waals surface area contributed by atoms with Gasteiger partial charge in [-0.05, 0) is 51.5 Å². The lowest BCUT2D eigenvalue weighted by Gasteiger charge is -2.27. The van der Waals surface area contributed by atoms with Gasteiger partial charge in [0.25, 0.3) is 10.0 Å². The highest BCUT2D eigenvalue weighted by Gasteiger charge is 2.30. The average molecular weight is 462 g/mol. The molecule has 0 fully saturated rings. The van der Waals surface area contributed by atoms with Crippen molar-refractivity contribution in [3.63, 3.8) is 0 Å². The van der Waals surface area contributed by atoms with Crippen molar-refractivity contribution in [2.45, 2.75) is 44.7 Å². The van der Waals surface area contributed by atoms with Crippen molar-refractivity contribution in [3.05, 3.63) is 90.0 Å². The molecule has 0 radical (unpaired) electrons. The van der Waals surface area contributed by atoms with Crippen LogP contribution < -0.4 is 10.2 Å². The second-order valence-electron chi connectivity index (χ2n) is 9.51. The lowest BCUT2D eigenvalue weighted by atomic mass is 10.1. The minimum atomic E-state index is -3.84. The van der Waals surface area contributed by atoms with E-state index in [9.17, 15) is 8.42 Å². The van der Waals surface area contributed by atoms with Crippen LogP contribution in [0.25, 0.3) is 10.9 Å². The zero-order chi connectivity index (χ0) is 23.8. The number of hydrogen-bond donors (Lipinski definition) is 1. The van der Waals surface area contributed by atoms with Gasteiger partial charge in [0.2, 0.25) is 0 Å². The third-order valence-corrected chi connectivity index (χ3v) is 7.23. The average Bonchev–Trinajstić information content (AvgIpc) is 3.07. The van der Waals surface area contributed by atoms with E-state index in [0.717, 1.165) is 22.2 Å². The summed E-state index contributed by atoms with van der Waals surface area (Å²) in [5.74, 6) is 0.572. The van der Waals surface area contributed by atoms with E-state index in [2.05, 4.69) is 22.3 Å². The molecule has 0 saturated heterocycles. The molecule has 0 aliphatic rings. The van der Waals surface area contributed by atoms with Crippen molar-refractivity contribution in [2.75, 3.05) is 17.3 Å². The number of nitrogens with zero attached hydrogens (tertiary/aromatic N) is 2. The molecule has 0 unspecified atom stereocenters. The highest BCUT2D eigenvalue weighted by molar-refractivity contribution is 7.90. The van der Waals surface area contributed by atoms with Crippen molar-refractivity contribution in [2.24, 2.45) is 0 Å². The Balaban J connectivity index is 1.98. The minimum absolute atomic E-state index is 0.267. The van der Waals surface area contributed by atoms with Gasteiger partial charge in [0.15, 0.2) is 0 Å².